The summed E-state index contributed by atoms with van der Waals surface area (Å²) in [5, 5.41) is 34.1. The van der Waals surface area contributed by atoms with Crippen molar-refractivity contribution in [2.24, 2.45) is 5.73 Å². The van der Waals surface area contributed by atoms with Gasteiger partial charge in [0.25, 0.3) is 0 Å². The van der Waals surface area contributed by atoms with Crippen molar-refractivity contribution in [3.63, 3.8) is 0 Å². The van der Waals surface area contributed by atoms with Crippen LogP contribution < -0.4 is 43.0 Å². The van der Waals surface area contributed by atoms with Crippen molar-refractivity contribution < 1.29 is 9.90 Å². The third-order valence-corrected chi connectivity index (χ3v) is 5.80. The third-order valence-electron chi connectivity index (χ3n) is 5.80. The van der Waals surface area contributed by atoms with Crippen molar-refractivity contribution >= 4 is 11.7 Å². The van der Waals surface area contributed by atoms with Crippen LogP contribution in [0.25, 0.3) is 0 Å². The van der Waals surface area contributed by atoms with Crippen LogP contribution in [0.4, 0.5) is 5.69 Å². The highest BCUT2D eigenvalue weighted by Crippen LogP contribution is 2.16. The molecule has 0 atom stereocenters. The molecule has 2 bridgehead atoms. The van der Waals surface area contributed by atoms with E-state index < -0.39 is 5.97 Å². The molecule has 31 heavy (non-hydrogen) atoms. The van der Waals surface area contributed by atoms with Crippen molar-refractivity contribution in [1.82, 2.24) is 31.9 Å². The van der Waals surface area contributed by atoms with E-state index >= 15 is 0 Å². The minimum atomic E-state index is -0.917. The number of aromatic carboxylic acids is 1. The number of benzene rings is 1. The molecule has 0 unspecified atom stereocenters. The van der Waals surface area contributed by atoms with E-state index in [0.717, 1.165) is 84.2 Å². The highest BCUT2D eigenvalue weighted by atomic mass is 16.4. The summed E-state index contributed by atoms with van der Waals surface area (Å²) >= 11 is 0. The van der Waals surface area contributed by atoms with Crippen molar-refractivity contribution in [3.8, 4) is 0 Å². The normalized spacial score (nSPS) is 29.6. The summed E-state index contributed by atoms with van der Waals surface area (Å²) in [6.45, 7) is 9.50. The van der Waals surface area contributed by atoms with Gasteiger partial charge in [0.05, 0.1) is 16.6 Å². The van der Waals surface area contributed by atoms with Crippen molar-refractivity contribution in [2.75, 3.05) is 83.9 Å². The zero-order valence-corrected chi connectivity index (χ0v) is 18.2. The van der Waals surface area contributed by atoms with Crippen LogP contribution in [-0.4, -0.2) is 101 Å². The molecule has 3 heterocycles. The Labute approximate surface area is 184 Å². The molecule has 0 aliphatic carbocycles. The van der Waals surface area contributed by atoms with E-state index in [1.165, 1.54) is 0 Å². The zero-order chi connectivity index (χ0) is 22.0. The van der Waals surface area contributed by atoms with Gasteiger partial charge in [-0.1, -0.05) is 0 Å². The fraction of sp³-hybridized carbons (Fsp3) is 0.667. The summed E-state index contributed by atoms with van der Waals surface area (Å²) in [7, 11) is 0. The highest BCUT2D eigenvalue weighted by molar-refractivity contribution is 5.88. The van der Waals surface area contributed by atoms with E-state index in [2.05, 4.69) is 37.2 Å². The van der Waals surface area contributed by atoms with Gasteiger partial charge in [-0.2, -0.15) is 0 Å². The number of nitrogens with two attached hydrogens (primary N) is 1. The summed E-state index contributed by atoms with van der Waals surface area (Å²) in [6, 6.07) is 6.94. The van der Waals surface area contributed by atoms with Gasteiger partial charge in [-0.25, -0.2) is 4.79 Å². The largest absolute Gasteiger partial charge is 0.478 e. The molecule has 3 saturated heterocycles. The topological polar surface area (TPSA) is 148 Å². The first-order chi connectivity index (χ1) is 15.0. The van der Waals surface area contributed by atoms with E-state index in [1.807, 2.05) is 12.1 Å². The summed E-state index contributed by atoms with van der Waals surface area (Å²) in [5.41, 5.74) is 7.22. The first-order valence-electron chi connectivity index (χ1n) is 11.2. The number of carboxylic acid groups (broad SMARTS) is 1. The summed E-state index contributed by atoms with van der Waals surface area (Å²) in [6.07, 6.45) is 0. The average molecular weight is 435 g/mol. The maximum Gasteiger partial charge on any atom is 0.335 e. The SMILES string of the molecule is NC12CNCCNCC(Nc3ccc(C(=O)O)cc3)(CNCCNC1)CNCCNC2. The Balaban J connectivity index is 1.77. The third kappa shape index (κ3) is 7.69. The first kappa shape index (κ1) is 23.9. The predicted octanol–water partition coefficient (Wildman–Crippen LogP) is -2.20. The number of carboxylic acids is 1. The number of anilines is 1. The second-order valence-electron chi connectivity index (χ2n) is 8.71. The number of rotatable bonds is 3. The Morgan fingerprint density at radius 2 is 1.13 bits per heavy atom. The maximum atomic E-state index is 11.2. The van der Waals surface area contributed by atoms with Crippen LogP contribution in [-0.2, 0) is 0 Å². The molecule has 0 amide bonds. The van der Waals surface area contributed by atoms with Crippen molar-refractivity contribution in [1.29, 1.82) is 0 Å². The quantitative estimate of drug-likeness (QED) is 0.257. The lowest BCUT2D eigenvalue weighted by Gasteiger charge is -2.38. The molecule has 174 valence electrons. The van der Waals surface area contributed by atoms with Gasteiger partial charge in [0.15, 0.2) is 0 Å². The Morgan fingerprint density at radius 1 is 0.742 bits per heavy atom. The molecule has 10 N–H and O–H groups in total. The van der Waals surface area contributed by atoms with E-state index in [0.29, 0.717) is 0 Å². The first-order valence-corrected chi connectivity index (χ1v) is 11.2. The monoisotopic (exact) mass is 434 g/mol. The minimum absolute atomic E-state index is 0.281. The van der Waals surface area contributed by atoms with E-state index in [1.54, 1.807) is 12.1 Å². The van der Waals surface area contributed by atoms with Gasteiger partial charge in [-0.15, -0.1) is 0 Å². The highest BCUT2D eigenvalue weighted by Gasteiger charge is 2.30. The van der Waals surface area contributed by atoms with Gasteiger partial charge in [0.1, 0.15) is 0 Å². The summed E-state index contributed by atoms with van der Waals surface area (Å²) in [5.74, 6) is -0.917. The molecule has 10 nitrogen and oxygen atoms in total. The van der Waals surface area contributed by atoms with E-state index in [-0.39, 0.29) is 16.6 Å². The van der Waals surface area contributed by atoms with Gasteiger partial charge in [-0.3, -0.25) is 0 Å². The second-order valence-corrected chi connectivity index (χ2v) is 8.71. The zero-order valence-electron chi connectivity index (χ0n) is 18.2. The van der Waals surface area contributed by atoms with Crippen LogP contribution in [0.3, 0.4) is 0 Å². The molecule has 0 radical (unpaired) electrons. The van der Waals surface area contributed by atoms with Gasteiger partial charge < -0.3 is 48.1 Å². The van der Waals surface area contributed by atoms with Crippen LogP contribution in [0.2, 0.25) is 0 Å². The molecule has 1 aromatic rings. The van der Waals surface area contributed by atoms with Crippen LogP contribution >= 0.6 is 0 Å². The summed E-state index contributed by atoms with van der Waals surface area (Å²) < 4.78 is 0. The van der Waals surface area contributed by atoms with E-state index in [4.69, 9.17) is 5.73 Å². The second kappa shape index (κ2) is 11.7. The molecular weight excluding hydrogens is 396 g/mol. The molecular formula is C21H38N8O2. The number of fused-ring (bicyclic) bond motifs is 15. The Hall–Kier alpha value is -1.79. The molecule has 3 aliphatic rings. The molecule has 3 fully saturated rings. The van der Waals surface area contributed by atoms with Gasteiger partial charge in [0.2, 0.25) is 0 Å². The number of hydrogen-bond acceptors (Lipinski definition) is 9. The molecule has 4 rings (SSSR count). The number of carbonyl (C=O) groups is 1. The molecule has 0 spiro atoms. The molecule has 1 aromatic carbocycles. The van der Waals surface area contributed by atoms with E-state index in [9.17, 15) is 9.90 Å². The molecule has 3 aliphatic heterocycles. The smallest absolute Gasteiger partial charge is 0.335 e. The number of nitrogens with one attached hydrogen (secondary N) is 7. The lowest BCUT2D eigenvalue weighted by atomic mass is 9.97. The Morgan fingerprint density at radius 3 is 1.52 bits per heavy atom. The molecule has 0 saturated carbocycles. The fourth-order valence-corrected chi connectivity index (χ4v) is 4.04. The van der Waals surface area contributed by atoms with Gasteiger partial charge >= 0.3 is 5.97 Å². The molecule has 0 aromatic heterocycles. The average Bonchev–Trinajstić information content (AvgIpc) is 2.75. The predicted molar refractivity (Wildman–Crippen MR) is 124 cm³/mol. The molecule has 10 heteroatoms. The van der Waals surface area contributed by atoms with Crippen molar-refractivity contribution in [3.05, 3.63) is 29.8 Å². The maximum absolute atomic E-state index is 11.2. The Kier molecular flexibility index (Phi) is 9.02. The van der Waals surface area contributed by atoms with Crippen LogP contribution in [0.15, 0.2) is 24.3 Å². The van der Waals surface area contributed by atoms with Crippen LogP contribution in [0.5, 0.6) is 0 Å². The summed E-state index contributed by atoms with van der Waals surface area (Å²) in [4.78, 5) is 11.2. The fourth-order valence-electron chi connectivity index (χ4n) is 4.04. The van der Waals surface area contributed by atoms with Gasteiger partial charge in [-0.05, 0) is 24.3 Å². The van der Waals surface area contributed by atoms with Gasteiger partial charge in [0, 0.05) is 84.2 Å². The van der Waals surface area contributed by atoms with Crippen LogP contribution in [0.1, 0.15) is 10.4 Å². The minimum Gasteiger partial charge on any atom is -0.478 e. The standard InChI is InChI=1S/C21H38N8O2/c22-20-11-23-5-8-26-14-21(15-27-9-6-24-12-20,16-28-10-7-25-13-20)29-18-3-1-17(2-4-18)19(30)31/h1-4,23-29H,5-16,22H2,(H,30,31). The Bertz CT molecular complexity index is 641. The lowest BCUT2D eigenvalue weighted by molar-refractivity contribution is 0.0697. The van der Waals surface area contributed by atoms with Crippen molar-refractivity contribution in [2.45, 2.75) is 11.1 Å². The van der Waals surface area contributed by atoms with Crippen LogP contribution in [0, 0.1) is 0 Å². The number of hydrogen-bond donors (Lipinski definition) is 9. The lowest BCUT2D eigenvalue weighted by Crippen LogP contribution is -2.64.